The van der Waals surface area contributed by atoms with Crippen LogP contribution in [0.5, 0.6) is 0 Å². The molecule has 7 heteroatoms. The lowest BCUT2D eigenvalue weighted by atomic mass is 9.98. The second-order valence-corrected chi connectivity index (χ2v) is 10.1. The monoisotopic (exact) mass is 477 g/mol. The van der Waals surface area contributed by atoms with E-state index >= 15 is 0 Å². The molecule has 3 aliphatic heterocycles. The number of ether oxygens (including phenoxy) is 1. The number of hydrogen-bond donors (Lipinski definition) is 2. The first kappa shape index (κ1) is 23.8. The van der Waals surface area contributed by atoms with Crippen molar-refractivity contribution in [2.75, 3.05) is 39.3 Å². The molecule has 2 bridgehead atoms. The zero-order valence-corrected chi connectivity index (χ0v) is 20.4. The van der Waals surface area contributed by atoms with Crippen molar-refractivity contribution < 1.29 is 19.4 Å². The second kappa shape index (κ2) is 10.4. The van der Waals surface area contributed by atoms with Gasteiger partial charge in [0.05, 0.1) is 5.92 Å². The van der Waals surface area contributed by atoms with Crippen LogP contribution in [0.2, 0.25) is 0 Å². The van der Waals surface area contributed by atoms with E-state index in [1.807, 2.05) is 24.3 Å². The van der Waals surface area contributed by atoms with Crippen LogP contribution in [0.3, 0.4) is 0 Å². The summed E-state index contributed by atoms with van der Waals surface area (Å²) in [4.78, 5) is 28.9. The average molecular weight is 478 g/mol. The molecule has 3 heterocycles. The van der Waals surface area contributed by atoms with E-state index in [4.69, 9.17) is 4.74 Å². The summed E-state index contributed by atoms with van der Waals surface area (Å²) < 4.78 is 5.66. The number of aliphatic carboxylic acids is 1. The standard InChI is InChI=1S/C28H35N3O4/c1-2-7-20-16-31-15-19(27(32)33)14-30(20)17-21(31)12-13-29-28(34)35-18-26-24-10-5-3-8-22(24)23-9-4-6-11-25(23)26/h3-6,8-11,19-21,26H,2,7,12-18H2,1H3,(H,29,34)(H,32,33)/t19?,20-,21+/m0/s1. The quantitative estimate of drug-likeness (QED) is 0.602. The van der Waals surface area contributed by atoms with Crippen LogP contribution in [-0.2, 0) is 9.53 Å². The van der Waals surface area contributed by atoms with Crippen molar-refractivity contribution in [1.82, 2.24) is 15.1 Å². The van der Waals surface area contributed by atoms with Crippen LogP contribution in [0.15, 0.2) is 48.5 Å². The van der Waals surface area contributed by atoms with Gasteiger partial charge in [0.1, 0.15) is 6.61 Å². The van der Waals surface area contributed by atoms with Crippen LogP contribution in [-0.4, -0.2) is 78.4 Å². The fourth-order valence-corrected chi connectivity index (χ4v) is 6.17. The van der Waals surface area contributed by atoms with Gasteiger partial charge in [-0.25, -0.2) is 4.79 Å². The summed E-state index contributed by atoms with van der Waals surface area (Å²) in [6, 6.07) is 17.3. The zero-order valence-electron chi connectivity index (χ0n) is 20.4. The molecule has 4 aliphatic rings. The summed E-state index contributed by atoms with van der Waals surface area (Å²) >= 11 is 0. The number of nitrogens with zero attached hydrogens (tertiary/aromatic N) is 2. The van der Waals surface area contributed by atoms with E-state index in [9.17, 15) is 14.7 Å². The average Bonchev–Trinajstić information content (AvgIpc) is 2.95. The molecule has 0 spiro atoms. The van der Waals surface area contributed by atoms with Gasteiger partial charge in [0.15, 0.2) is 0 Å². The minimum Gasteiger partial charge on any atom is -0.481 e. The molecular formula is C28H35N3O4. The maximum atomic E-state index is 12.5. The summed E-state index contributed by atoms with van der Waals surface area (Å²) in [6.07, 6.45) is 2.58. The first-order valence-corrected chi connectivity index (χ1v) is 12.8. The molecule has 2 aromatic rings. The lowest BCUT2D eigenvalue weighted by Gasteiger charge is -2.43. The van der Waals surface area contributed by atoms with E-state index in [0.29, 0.717) is 32.3 Å². The number of carbonyl (C=O) groups is 2. The molecule has 0 saturated carbocycles. The van der Waals surface area contributed by atoms with E-state index in [1.165, 1.54) is 22.3 Å². The van der Waals surface area contributed by atoms with E-state index < -0.39 is 12.1 Å². The molecule has 1 amide bonds. The molecule has 6 rings (SSSR count). The fourth-order valence-electron chi connectivity index (χ4n) is 6.17. The molecule has 2 aromatic carbocycles. The van der Waals surface area contributed by atoms with Gasteiger partial charge in [-0.3, -0.25) is 14.6 Å². The Hall–Kier alpha value is -2.90. The Labute approximate surface area is 207 Å². The SMILES string of the molecule is CCC[C@H]1CN2CC(C(=O)O)CN1C[C@H]2CCNC(=O)OCC1c2ccccc2-c2ccccc21. The normalized spacial score (nSPS) is 27.1. The summed E-state index contributed by atoms with van der Waals surface area (Å²) in [6.45, 7) is 5.98. The van der Waals surface area contributed by atoms with Crippen molar-refractivity contribution in [2.24, 2.45) is 5.92 Å². The second-order valence-electron chi connectivity index (χ2n) is 10.1. The molecule has 5 atom stereocenters. The van der Waals surface area contributed by atoms with Crippen LogP contribution in [0.4, 0.5) is 4.79 Å². The predicted octanol–water partition coefficient (Wildman–Crippen LogP) is 3.78. The zero-order chi connectivity index (χ0) is 24.4. The van der Waals surface area contributed by atoms with Gasteiger partial charge in [-0.1, -0.05) is 61.9 Å². The molecule has 7 nitrogen and oxygen atoms in total. The van der Waals surface area contributed by atoms with E-state index in [0.717, 1.165) is 32.4 Å². The maximum absolute atomic E-state index is 12.5. The lowest BCUT2D eigenvalue weighted by Crippen LogP contribution is -2.56. The minimum atomic E-state index is -0.713. The topological polar surface area (TPSA) is 82.1 Å². The predicted molar refractivity (Wildman–Crippen MR) is 134 cm³/mol. The molecule has 2 N–H and O–H groups in total. The highest BCUT2D eigenvalue weighted by Crippen LogP contribution is 2.44. The van der Waals surface area contributed by atoms with E-state index in [1.54, 1.807) is 0 Å². The van der Waals surface area contributed by atoms with Crippen molar-refractivity contribution in [3.05, 3.63) is 59.7 Å². The fraction of sp³-hybridized carbons (Fsp3) is 0.500. The van der Waals surface area contributed by atoms with Gasteiger partial charge in [-0.15, -0.1) is 0 Å². The number of benzene rings is 2. The van der Waals surface area contributed by atoms with Gasteiger partial charge in [-0.05, 0) is 35.1 Å². The van der Waals surface area contributed by atoms with Crippen molar-refractivity contribution in [1.29, 1.82) is 0 Å². The number of alkyl carbamates (subject to hydrolysis) is 1. The van der Waals surface area contributed by atoms with Gasteiger partial charge in [0, 0.05) is 50.7 Å². The third kappa shape index (κ3) is 4.93. The van der Waals surface area contributed by atoms with Gasteiger partial charge >= 0.3 is 12.1 Å². The smallest absolute Gasteiger partial charge is 0.407 e. The number of carboxylic acids is 1. The summed E-state index contributed by atoms with van der Waals surface area (Å²) in [5.41, 5.74) is 4.83. The van der Waals surface area contributed by atoms with Crippen LogP contribution < -0.4 is 5.32 Å². The molecule has 3 unspecified atom stereocenters. The van der Waals surface area contributed by atoms with Crippen LogP contribution in [0.1, 0.15) is 43.2 Å². The molecule has 35 heavy (non-hydrogen) atoms. The van der Waals surface area contributed by atoms with Crippen molar-refractivity contribution in [2.45, 2.75) is 44.2 Å². The Bertz CT molecular complexity index is 1030. The van der Waals surface area contributed by atoms with Gasteiger partial charge in [0.25, 0.3) is 0 Å². The minimum absolute atomic E-state index is 0.0492. The number of carboxylic acid groups (broad SMARTS) is 1. The first-order valence-electron chi connectivity index (χ1n) is 12.8. The highest BCUT2D eigenvalue weighted by atomic mass is 16.5. The lowest BCUT2D eigenvalue weighted by molar-refractivity contribution is -0.142. The molecule has 186 valence electrons. The number of amides is 1. The van der Waals surface area contributed by atoms with Gasteiger partial charge in [0.2, 0.25) is 0 Å². The van der Waals surface area contributed by atoms with E-state index in [2.05, 4.69) is 46.3 Å². The Morgan fingerprint density at radius 2 is 1.49 bits per heavy atom. The molecule has 0 aromatic heterocycles. The Balaban J connectivity index is 1.14. The Kier molecular flexibility index (Phi) is 7.07. The van der Waals surface area contributed by atoms with Crippen molar-refractivity contribution in [3.8, 4) is 11.1 Å². The Morgan fingerprint density at radius 3 is 2.06 bits per heavy atom. The van der Waals surface area contributed by atoms with Crippen molar-refractivity contribution >= 4 is 12.1 Å². The molecule has 0 radical (unpaired) electrons. The summed E-state index contributed by atoms with van der Waals surface area (Å²) in [5.74, 6) is -1.01. The number of carbonyl (C=O) groups excluding carboxylic acids is 1. The molecule has 3 saturated heterocycles. The third-order valence-electron chi connectivity index (χ3n) is 7.89. The molecule has 3 fully saturated rings. The number of nitrogens with one attached hydrogen (secondary N) is 1. The number of piperazine rings is 1. The van der Waals surface area contributed by atoms with Crippen LogP contribution in [0, 0.1) is 5.92 Å². The van der Waals surface area contributed by atoms with Gasteiger partial charge < -0.3 is 15.2 Å². The largest absolute Gasteiger partial charge is 0.481 e. The molecular weight excluding hydrogens is 442 g/mol. The van der Waals surface area contributed by atoms with Crippen LogP contribution >= 0.6 is 0 Å². The number of fused-ring (bicyclic) bond motifs is 7. The third-order valence-corrected chi connectivity index (χ3v) is 7.89. The Morgan fingerprint density at radius 1 is 0.914 bits per heavy atom. The maximum Gasteiger partial charge on any atom is 0.407 e. The molecule has 1 aliphatic carbocycles. The van der Waals surface area contributed by atoms with Crippen LogP contribution in [0.25, 0.3) is 11.1 Å². The number of rotatable bonds is 8. The van der Waals surface area contributed by atoms with E-state index in [-0.39, 0.29) is 17.9 Å². The summed E-state index contributed by atoms with van der Waals surface area (Å²) in [7, 11) is 0. The van der Waals surface area contributed by atoms with Gasteiger partial charge in [-0.2, -0.15) is 0 Å². The summed E-state index contributed by atoms with van der Waals surface area (Å²) in [5, 5.41) is 12.6. The van der Waals surface area contributed by atoms with Crippen molar-refractivity contribution in [3.63, 3.8) is 0 Å². The first-order chi connectivity index (χ1) is 17.0. The number of hydrogen-bond acceptors (Lipinski definition) is 5. The highest BCUT2D eigenvalue weighted by molar-refractivity contribution is 5.79. The highest BCUT2D eigenvalue weighted by Gasteiger charge is 2.41.